The zero-order chi connectivity index (χ0) is 10.7. The zero-order valence-corrected chi connectivity index (χ0v) is 8.82. The molecule has 1 aromatic rings. The fraction of sp³-hybridized carbons (Fsp3) is 0.308. The Hall–Kier alpha value is -1.57. The summed E-state index contributed by atoms with van der Waals surface area (Å²) in [5.41, 5.74) is 3.62. The molecule has 2 rings (SSSR count). The van der Waals surface area contributed by atoms with Crippen LogP contribution in [-0.2, 0) is 6.42 Å². The average molecular weight is 200 g/mol. The standard InChI is InChI=1S/C13H16N2/c1-2-5-11-9-8-10-6-3-4-7-12(10)13(11)15-14/h2-4,6-7,11H,1,5,8-9,14H2. The topological polar surface area (TPSA) is 38.4 Å². The van der Waals surface area contributed by atoms with Crippen molar-refractivity contribution in [3.05, 3.63) is 48.0 Å². The first-order valence-corrected chi connectivity index (χ1v) is 5.33. The summed E-state index contributed by atoms with van der Waals surface area (Å²) >= 11 is 0. The van der Waals surface area contributed by atoms with Gasteiger partial charge in [0, 0.05) is 11.5 Å². The Kier molecular flexibility index (Phi) is 2.86. The normalized spacial score (nSPS) is 22.4. The van der Waals surface area contributed by atoms with Crippen LogP contribution in [0.1, 0.15) is 24.0 Å². The quantitative estimate of drug-likeness (QED) is 0.444. The third-order valence-electron chi connectivity index (χ3n) is 3.03. The van der Waals surface area contributed by atoms with Gasteiger partial charge in [-0.05, 0) is 24.8 Å². The molecule has 0 heterocycles. The maximum Gasteiger partial charge on any atom is 0.0709 e. The van der Waals surface area contributed by atoms with Crippen molar-refractivity contribution in [3.8, 4) is 0 Å². The van der Waals surface area contributed by atoms with Crippen molar-refractivity contribution < 1.29 is 0 Å². The number of aryl methyl sites for hydroxylation is 1. The van der Waals surface area contributed by atoms with Crippen LogP contribution in [0.2, 0.25) is 0 Å². The highest BCUT2D eigenvalue weighted by molar-refractivity contribution is 6.04. The predicted molar refractivity (Wildman–Crippen MR) is 63.8 cm³/mol. The molecule has 0 saturated heterocycles. The van der Waals surface area contributed by atoms with E-state index in [1.807, 2.05) is 12.1 Å². The number of rotatable bonds is 2. The van der Waals surface area contributed by atoms with Gasteiger partial charge in [0.2, 0.25) is 0 Å². The van der Waals surface area contributed by atoms with Crippen LogP contribution in [0.15, 0.2) is 42.0 Å². The molecule has 0 radical (unpaired) electrons. The molecule has 0 saturated carbocycles. The Morgan fingerprint density at radius 3 is 3.00 bits per heavy atom. The number of hydrazone groups is 1. The SMILES string of the molecule is C=CCC1CCc2ccccc2C1=NN. The van der Waals surface area contributed by atoms with Gasteiger partial charge in [-0.25, -0.2) is 0 Å². The monoisotopic (exact) mass is 200 g/mol. The van der Waals surface area contributed by atoms with Crippen molar-refractivity contribution in [3.63, 3.8) is 0 Å². The molecule has 2 N–H and O–H groups in total. The highest BCUT2D eigenvalue weighted by Gasteiger charge is 2.23. The van der Waals surface area contributed by atoms with E-state index in [2.05, 4.69) is 29.9 Å². The Morgan fingerprint density at radius 1 is 1.47 bits per heavy atom. The molecule has 1 atom stereocenters. The molecule has 1 aliphatic rings. The first kappa shape index (κ1) is 9.97. The maximum atomic E-state index is 5.49. The summed E-state index contributed by atoms with van der Waals surface area (Å²) < 4.78 is 0. The first-order chi connectivity index (χ1) is 7.36. The Balaban J connectivity index is 2.39. The van der Waals surface area contributed by atoms with Crippen molar-refractivity contribution in [1.29, 1.82) is 0 Å². The second kappa shape index (κ2) is 4.30. The number of fused-ring (bicyclic) bond motifs is 1. The van der Waals surface area contributed by atoms with Gasteiger partial charge in [0.25, 0.3) is 0 Å². The highest BCUT2D eigenvalue weighted by atomic mass is 15.1. The molecule has 1 aromatic carbocycles. The van der Waals surface area contributed by atoms with Gasteiger partial charge in [0.1, 0.15) is 0 Å². The molecular weight excluding hydrogens is 184 g/mol. The summed E-state index contributed by atoms with van der Waals surface area (Å²) in [5, 5.41) is 3.96. The van der Waals surface area contributed by atoms with E-state index < -0.39 is 0 Å². The van der Waals surface area contributed by atoms with Crippen LogP contribution in [-0.4, -0.2) is 5.71 Å². The van der Waals surface area contributed by atoms with E-state index in [0.717, 1.165) is 25.0 Å². The molecule has 1 unspecified atom stereocenters. The van der Waals surface area contributed by atoms with Gasteiger partial charge in [-0.1, -0.05) is 30.3 Å². The minimum Gasteiger partial charge on any atom is -0.323 e. The van der Waals surface area contributed by atoms with Crippen LogP contribution < -0.4 is 5.84 Å². The van der Waals surface area contributed by atoms with Crippen molar-refractivity contribution in [2.24, 2.45) is 16.9 Å². The van der Waals surface area contributed by atoms with E-state index in [9.17, 15) is 0 Å². The fourth-order valence-electron chi connectivity index (χ4n) is 2.28. The second-order valence-electron chi connectivity index (χ2n) is 3.93. The molecule has 0 aliphatic heterocycles. The van der Waals surface area contributed by atoms with Crippen molar-refractivity contribution in [2.45, 2.75) is 19.3 Å². The summed E-state index contributed by atoms with van der Waals surface area (Å²) in [6, 6.07) is 8.38. The van der Waals surface area contributed by atoms with Crippen molar-refractivity contribution >= 4 is 5.71 Å². The lowest BCUT2D eigenvalue weighted by molar-refractivity contribution is 0.615. The summed E-state index contributed by atoms with van der Waals surface area (Å²) in [4.78, 5) is 0. The largest absolute Gasteiger partial charge is 0.323 e. The lowest BCUT2D eigenvalue weighted by Crippen LogP contribution is -2.24. The predicted octanol–water partition coefficient (Wildman–Crippen LogP) is 2.49. The Labute approximate surface area is 90.5 Å². The van der Waals surface area contributed by atoms with Gasteiger partial charge in [0.05, 0.1) is 5.71 Å². The third-order valence-corrected chi connectivity index (χ3v) is 3.03. The van der Waals surface area contributed by atoms with E-state index in [1.165, 1.54) is 11.1 Å². The van der Waals surface area contributed by atoms with Crippen LogP contribution in [0.4, 0.5) is 0 Å². The van der Waals surface area contributed by atoms with Gasteiger partial charge in [-0.3, -0.25) is 0 Å². The minimum absolute atomic E-state index is 0.447. The van der Waals surface area contributed by atoms with Crippen molar-refractivity contribution in [2.75, 3.05) is 0 Å². The molecule has 0 amide bonds. The number of benzene rings is 1. The summed E-state index contributed by atoms with van der Waals surface area (Å²) in [6.07, 6.45) is 5.15. The van der Waals surface area contributed by atoms with Crippen LogP contribution >= 0.6 is 0 Å². The summed E-state index contributed by atoms with van der Waals surface area (Å²) in [5.74, 6) is 5.94. The average Bonchev–Trinajstić information content (AvgIpc) is 2.29. The molecular formula is C13H16N2. The van der Waals surface area contributed by atoms with Crippen LogP contribution in [0.3, 0.4) is 0 Å². The fourth-order valence-corrected chi connectivity index (χ4v) is 2.28. The molecule has 2 nitrogen and oxygen atoms in total. The number of nitrogens with two attached hydrogens (primary N) is 1. The summed E-state index contributed by atoms with van der Waals surface area (Å²) in [6.45, 7) is 3.78. The molecule has 78 valence electrons. The summed E-state index contributed by atoms with van der Waals surface area (Å²) in [7, 11) is 0. The molecule has 0 bridgehead atoms. The van der Waals surface area contributed by atoms with Crippen LogP contribution in [0, 0.1) is 5.92 Å². The molecule has 15 heavy (non-hydrogen) atoms. The second-order valence-corrected chi connectivity index (χ2v) is 3.93. The van der Waals surface area contributed by atoms with E-state index in [0.29, 0.717) is 5.92 Å². The lowest BCUT2D eigenvalue weighted by atomic mass is 9.80. The Bertz CT molecular complexity index is 393. The molecule has 0 fully saturated rings. The van der Waals surface area contributed by atoms with Crippen molar-refractivity contribution in [1.82, 2.24) is 0 Å². The lowest BCUT2D eigenvalue weighted by Gasteiger charge is -2.25. The number of allylic oxidation sites excluding steroid dienone is 1. The van der Waals surface area contributed by atoms with E-state index in [-0.39, 0.29) is 0 Å². The van der Waals surface area contributed by atoms with Crippen LogP contribution in [0.25, 0.3) is 0 Å². The zero-order valence-electron chi connectivity index (χ0n) is 8.82. The minimum atomic E-state index is 0.447. The Morgan fingerprint density at radius 2 is 2.27 bits per heavy atom. The van der Waals surface area contributed by atoms with Gasteiger partial charge in [-0.15, -0.1) is 6.58 Å². The molecule has 0 spiro atoms. The highest BCUT2D eigenvalue weighted by Crippen LogP contribution is 2.27. The third kappa shape index (κ3) is 1.80. The van der Waals surface area contributed by atoms with Gasteiger partial charge >= 0.3 is 0 Å². The maximum absolute atomic E-state index is 5.49. The number of hydrogen-bond donors (Lipinski definition) is 1. The van der Waals surface area contributed by atoms with E-state index in [4.69, 9.17) is 5.84 Å². The first-order valence-electron chi connectivity index (χ1n) is 5.33. The number of hydrogen-bond acceptors (Lipinski definition) is 2. The van der Waals surface area contributed by atoms with Gasteiger partial charge in [-0.2, -0.15) is 5.10 Å². The van der Waals surface area contributed by atoms with Crippen LogP contribution in [0.5, 0.6) is 0 Å². The molecule has 1 aliphatic carbocycles. The van der Waals surface area contributed by atoms with E-state index in [1.54, 1.807) is 0 Å². The van der Waals surface area contributed by atoms with E-state index >= 15 is 0 Å². The number of nitrogens with zero attached hydrogens (tertiary/aromatic N) is 1. The van der Waals surface area contributed by atoms with Gasteiger partial charge < -0.3 is 5.84 Å². The van der Waals surface area contributed by atoms with Gasteiger partial charge in [0.15, 0.2) is 0 Å². The molecule has 2 heteroatoms. The smallest absolute Gasteiger partial charge is 0.0709 e. The molecule has 0 aromatic heterocycles.